The predicted molar refractivity (Wildman–Crippen MR) is 69.1 cm³/mol. The first-order chi connectivity index (χ1) is 8.87. The highest BCUT2D eigenvalue weighted by Crippen LogP contribution is 2.29. The van der Waals surface area contributed by atoms with Crippen molar-refractivity contribution in [3.05, 3.63) is 29.5 Å². The van der Waals surface area contributed by atoms with Crippen LogP contribution in [-0.2, 0) is 9.84 Å². The maximum Gasteiger partial charge on any atom is 0.335 e. The van der Waals surface area contributed by atoms with Crippen LogP contribution >= 0.6 is 0 Å². The van der Waals surface area contributed by atoms with E-state index in [0.29, 0.717) is 5.69 Å². The second-order valence-electron chi connectivity index (χ2n) is 4.80. The van der Waals surface area contributed by atoms with Crippen LogP contribution in [0, 0.1) is 6.92 Å². The van der Waals surface area contributed by atoms with Crippen LogP contribution < -0.4 is 0 Å². The number of carbonyl (C=O) groups is 1. The average Bonchev–Trinajstić information content (AvgIpc) is 2.63. The van der Waals surface area contributed by atoms with Gasteiger partial charge in [-0.05, 0) is 25.1 Å². The van der Waals surface area contributed by atoms with Gasteiger partial charge in [-0.1, -0.05) is 0 Å². The normalized spacial score (nSPS) is 18.4. The third kappa shape index (κ3) is 1.90. The number of aromatic nitrogens is 2. The minimum Gasteiger partial charge on any atom is -0.478 e. The van der Waals surface area contributed by atoms with Gasteiger partial charge in [0, 0.05) is 5.39 Å². The molecule has 3 rings (SSSR count). The van der Waals surface area contributed by atoms with Crippen molar-refractivity contribution in [2.75, 3.05) is 11.5 Å². The van der Waals surface area contributed by atoms with Gasteiger partial charge in [0.05, 0.1) is 34.3 Å². The van der Waals surface area contributed by atoms with Crippen LogP contribution in [0.25, 0.3) is 10.9 Å². The maximum atomic E-state index is 11.2. The number of nitrogens with zero attached hydrogens (tertiary/aromatic N) is 2. The molecule has 0 radical (unpaired) electrons. The van der Waals surface area contributed by atoms with E-state index in [4.69, 9.17) is 5.11 Å². The Morgan fingerprint density at radius 1 is 1.42 bits per heavy atom. The zero-order valence-corrected chi connectivity index (χ0v) is 11.0. The van der Waals surface area contributed by atoms with Gasteiger partial charge in [-0.15, -0.1) is 0 Å². The summed E-state index contributed by atoms with van der Waals surface area (Å²) in [6.45, 7) is 1.79. The molecule has 0 saturated carbocycles. The summed E-state index contributed by atoms with van der Waals surface area (Å²) < 4.78 is 24.2. The number of hydrogen-bond donors (Lipinski definition) is 1. The number of rotatable bonds is 2. The van der Waals surface area contributed by atoms with Crippen molar-refractivity contribution in [1.29, 1.82) is 0 Å². The molecule has 2 heterocycles. The molecule has 0 unspecified atom stereocenters. The van der Waals surface area contributed by atoms with E-state index in [1.807, 2.05) is 0 Å². The zero-order valence-electron chi connectivity index (χ0n) is 10.2. The van der Waals surface area contributed by atoms with Crippen molar-refractivity contribution in [2.45, 2.75) is 13.0 Å². The maximum absolute atomic E-state index is 11.2. The minimum absolute atomic E-state index is 0.101. The number of aryl methyl sites for hydroxylation is 1. The molecule has 19 heavy (non-hydrogen) atoms. The van der Waals surface area contributed by atoms with Crippen LogP contribution in [0.4, 0.5) is 0 Å². The molecule has 1 aromatic heterocycles. The third-order valence-corrected chi connectivity index (χ3v) is 5.16. The second kappa shape index (κ2) is 3.80. The van der Waals surface area contributed by atoms with Crippen LogP contribution in [0.5, 0.6) is 0 Å². The largest absolute Gasteiger partial charge is 0.478 e. The Balaban J connectivity index is 2.11. The summed E-state index contributed by atoms with van der Waals surface area (Å²) in [5.74, 6) is -0.784. The molecule has 1 aliphatic heterocycles. The molecule has 1 aliphatic rings. The van der Waals surface area contributed by atoms with Gasteiger partial charge in [-0.25, -0.2) is 13.2 Å². The van der Waals surface area contributed by atoms with E-state index in [0.717, 1.165) is 10.9 Å². The van der Waals surface area contributed by atoms with Gasteiger partial charge >= 0.3 is 5.97 Å². The average molecular weight is 280 g/mol. The Bertz CT molecular complexity index is 779. The van der Waals surface area contributed by atoms with Gasteiger partial charge in [-0.2, -0.15) is 5.10 Å². The molecule has 1 N–H and O–H groups in total. The number of benzene rings is 1. The fourth-order valence-electron chi connectivity index (χ4n) is 2.38. The standard InChI is InChI=1S/C12H12N2O4S/c1-7-10-4-8(12(15)16)2-3-11(10)14(13-7)9-5-19(17,18)6-9/h2-4,9H,5-6H2,1H3,(H,15,16). The van der Waals surface area contributed by atoms with Crippen LogP contribution in [0.3, 0.4) is 0 Å². The lowest BCUT2D eigenvalue weighted by Gasteiger charge is -2.26. The molecule has 0 amide bonds. The van der Waals surface area contributed by atoms with Gasteiger partial charge in [0.2, 0.25) is 0 Å². The van der Waals surface area contributed by atoms with Crippen LogP contribution in [0.2, 0.25) is 0 Å². The van der Waals surface area contributed by atoms with Crippen molar-refractivity contribution in [3.63, 3.8) is 0 Å². The quantitative estimate of drug-likeness (QED) is 0.886. The number of hydrogen-bond acceptors (Lipinski definition) is 4. The molecule has 2 aromatic rings. The predicted octanol–water partition coefficient (Wildman–Crippen LogP) is 1.01. The molecule has 0 atom stereocenters. The molecule has 7 heteroatoms. The number of sulfone groups is 1. The van der Waals surface area contributed by atoms with E-state index in [1.54, 1.807) is 23.7 Å². The Morgan fingerprint density at radius 2 is 2.11 bits per heavy atom. The molecule has 1 fully saturated rings. The summed E-state index contributed by atoms with van der Waals surface area (Å²) in [4.78, 5) is 10.9. The fourth-order valence-corrected chi connectivity index (χ4v) is 3.74. The molecule has 0 spiro atoms. The van der Waals surface area contributed by atoms with Crippen molar-refractivity contribution < 1.29 is 18.3 Å². The van der Waals surface area contributed by atoms with E-state index in [-0.39, 0.29) is 23.1 Å². The Labute approximate surface area is 109 Å². The number of carboxylic acids is 1. The van der Waals surface area contributed by atoms with E-state index in [1.165, 1.54) is 6.07 Å². The molecular weight excluding hydrogens is 268 g/mol. The third-order valence-electron chi connectivity index (χ3n) is 3.38. The van der Waals surface area contributed by atoms with Gasteiger partial charge < -0.3 is 5.11 Å². The smallest absolute Gasteiger partial charge is 0.335 e. The summed E-state index contributed by atoms with van der Waals surface area (Å²) in [5, 5.41) is 14.1. The summed E-state index contributed by atoms with van der Waals surface area (Å²) in [5.41, 5.74) is 1.70. The molecule has 0 bridgehead atoms. The van der Waals surface area contributed by atoms with Crippen molar-refractivity contribution in [3.8, 4) is 0 Å². The monoisotopic (exact) mass is 280 g/mol. The fraction of sp³-hybridized carbons (Fsp3) is 0.333. The lowest BCUT2D eigenvalue weighted by molar-refractivity contribution is 0.0697. The first-order valence-electron chi connectivity index (χ1n) is 5.80. The van der Waals surface area contributed by atoms with Gasteiger partial charge in [0.15, 0.2) is 9.84 Å². The number of fused-ring (bicyclic) bond motifs is 1. The highest BCUT2D eigenvalue weighted by molar-refractivity contribution is 7.92. The second-order valence-corrected chi connectivity index (χ2v) is 6.95. The molecule has 0 aliphatic carbocycles. The van der Waals surface area contributed by atoms with E-state index in [9.17, 15) is 13.2 Å². The van der Waals surface area contributed by atoms with Crippen molar-refractivity contribution >= 4 is 26.7 Å². The minimum atomic E-state index is -2.91. The lowest BCUT2D eigenvalue weighted by atomic mass is 10.1. The summed E-state index contributed by atoms with van der Waals surface area (Å²) in [6, 6.07) is 4.62. The van der Waals surface area contributed by atoms with Crippen LogP contribution in [-0.4, -0.2) is 40.8 Å². The molecule has 1 saturated heterocycles. The van der Waals surface area contributed by atoms with E-state index >= 15 is 0 Å². The zero-order chi connectivity index (χ0) is 13.8. The Kier molecular flexibility index (Phi) is 2.43. The van der Waals surface area contributed by atoms with E-state index < -0.39 is 15.8 Å². The number of aromatic carboxylic acids is 1. The first-order valence-corrected chi connectivity index (χ1v) is 7.62. The summed E-state index contributed by atoms with van der Waals surface area (Å²) >= 11 is 0. The summed E-state index contributed by atoms with van der Waals surface area (Å²) in [7, 11) is -2.91. The SMILES string of the molecule is Cc1nn(C2CS(=O)(=O)C2)c2ccc(C(=O)O)cc12. The Morgan fingerprint density at radius 3 is 2.68 bits per heavy atom. The highest BCUT2D eigenvalue weighted by atomic mass is 32.2. The molecule has 1 aromatic carbocycles. The van der Waals surface area contributed by atoms with Crippen LogP contribution in [0.1, 0.15) is 22.1 Å². The van der Waals surface area contributed by atoms with Crippen LogP contribution in [0.15, 0.2) is 18.2 Å². The molecule has 100 valence electrons. The van der Waals surface area contributed by atoms with Gasteiger partial charge in [-0.3, -0.25) is 4.68 Å². The highest BCUT2D eigenvalue weighted by Gasteiger charge is 2.36. The lowest BCUT2D eigenvalue weighted by Crippen LogP contribution is -2.38. The molecule has 6 nitrogen and oxygen atoms in total. The topological polar surface area (TPSA) is 89.3 Å². The Hall–Kier alpha value is -1.89. The van der Waals surface area contributed by atoms with Crippen molar-refractivity contribution in [1.82, 2.24) is 9.78 Å². The number of carboxylic acid groups (broad SMARTS) is 1. The first kappa shape index (κ1) is 12.2. The summed E-state index contributed by atoms with van der Waals surface area (Å²) in [6.07, 6.45) is 0. The van der Waals surface area contributed by atoms with Crippen molar-refractivity contribution in [2.24, 2.45) is 0 Å². The van der Waals surface area contributed by atoms with Gasteiger partial charge in [0.1, 0.15) is 0 Å². The van der Waals surface area contributed by atoms with Gasteiger partial charge in [0.25, 0.3) is 0 Å². The molecular formula is C12H12N2O4S. The van der Waals surface area contributed by atoms with E-state index in [2.05, 4.69) is 5.10 Å².